The van der Waals surface area contributed by atoms with E-state index in [1.54, 1.807) is 6.33 Å². The van der Waals surface area contributed by atoms with Crippen molar-refractivity contribution >= 4 is 0 Å². The average molecular weight is 316 g/mol. The molecule has 1 fully saturated rings. The molecule has 3 rings (SSSR count). The molecule has 0 amide bonds. The van der Waals surface area contributed by atoms with Crippen LogP contribution in [0, 0.1) is 0 Å². The lowest BCUT2D eigenvalue weighted by Crippen LogP contribution is -2.43. The number of morpholine rings is 1. The Morgan fingerprint density at radius 3 is 2.96 bits per heavy atom. The first-order valence-corrected chi connectivity index (χ1v) is 8.20. The quantitative estimate of drug-likeness (QED) is 0.870. The summed E-state index contributed by atoms with van der Waals surface area (Å²) in [7, 11) is 0. The fraction of sp³-hybridized carbons (Fsp3) is 0.529. The summed E-state index contributed by atoms with van der Waals surface area (Å²) < 4.78 is 7.86. The van der Waals surface area contributed by atoms with Crippen molar-refractivity contribution in [3.63, 3.8) is 0 Å². The van der Waals surface area contributed by atoms with Crippen LogP contribution in [0.4, 0.5) is 0 Å². The van der Waals surface area contributed by atoms with Crippen LogP contribution in [0.15, 0.2) is 36.7 Å². The van der Waals surface area contributed by atoms with E-state index in [0.717, 1.165) is 31.0 Å². The van der Waals surface area contributed by atoms with E-state index in [-0.39, 0.29) is 12.2 Å². The second-order valence-corrected chi connectivity index (χ2v) is 5.94. The van der Waals surface area contributed by atoms with Gasteiger partial charge in [-0.2, -0.15) is 0 Å². The van der Waals surface area contributed by atoms with Gasteiger partial charge in [-0.15, -0.1) is 10.2 Å². The molecule has 124 valence electrons. The fourth-order valence-electron chi connectivity index (χ4n) is 3.03. The minimum absolute atomic E-state index is 0.0740. The minimum atomic E-state index is -0.375. The molecule has 6 nitrogen and oxygen atoms in total. The SMILES string of the molecule is CCn1cnnc1[C@H]1CN(C[C@H](O)Cc2ccccc2)CCO1. The molecule has 2 aromatic rings. The van der Waals surface area contributed by atoms with Crippen LogP contribution in [0.5, 0.6) is 0 Å². The number of hydrogen-bond donors (Lipinski definition) is 1. The number of benzene rings is 1. The molecule has 6 heteroatoms. The Labute approximate surface area is 136 Å². The summed E-state index contributed by atoms with van der Waals surface area (Å²) in [5.41, 5.74) is 1.16. The summed E-state index contributed by atoms with van der Waals surface area (Å²) in [5, 5.41) is 18.5. The maximum Gasteiger partial charge on any atom is 0.163 e. The van der Waals surface area contributed by atoms with Gasteiger partial charge in [0.1, 0.15) is 12.4 Å². The highest BCUT2D eigenvalue weighted by Crippen LogP contribution is 2.20. The summed E-state index contributed by atoms with van der Waals surface area (Å²) in [6, 6.07) is 10.1. The maximum absolute atomic E-state index is 10.4. The highest BCUT2D eigenvalue weighted by Gasteiger charge is 2.26. The topological polar surface area (TPSA) is 63.4 Å². The van der Waals surface area contributed by atoms with Gasteiger partial charge in [0, 0.05) is 26.2 Å². The Kier molecular flexibility index (Phi) is 5.38. The van der Waals surface area contributed by atoms with Gasteiger partial charge in [-0.3, -0.25) is 4.90 Å². The van der Waals surface area contributed by atoms with E-state index in [1.807, 2.05) is 22.8 Å². The lowest BCUT2D eigenvalue weighted by Gasteiger charge is -2.33. The first-order valence-electron chi connectivity index (χ1n) is 8.20. The summed E-state index contributed by atoms with van der Waals surface area (Å²) >= 11 is 0. The molecule has 0 spiro atoms. The van der Waals surface area contributed by atoms with Crippen LogP contribution in [-0.2, 0) is 17.7 Å². The Balaban J connectivity index is 1.56. The molecule has 2 heterocycles. The van der Waals surface area contributed by atoms with Crippen molar-refractivity contribution in [1.29, 1.82) is 0 Å². The van der Waals surface area contributed by atoms with E-state index in [9.17, 15) is 5.11 Å². The number of aliphatic hydroxyl groups excluding tert-OH is 1. The first-order chi connectivity index (χ1) is 11.3. The van der Waals surface area contributed by atoms with Crippen molar-refractivity contribution in [2.45, 2.75) is 32.1 Å². The van der Waals surface area contributed by atoms with Crippen molar-refractivity contribution in [2.24, 2.45) is 0 Å². The number of aromatic nitrogens is 3. The Hall–Kier alpha value is -1.76. The lowest BCUT2D eigenvalue weighted by atomic mass is 10.1. The third-order valence-corrected chi connectivity index (χ3v) is 4.21. The molecule has 1 aliphatic rings. The molecule has 1 N–H and O–H groups in total. The summed E-state index contributed by atoms with van der Waals surface area (Å²) in [6.07, 6.45) is 1.96. The van der Waals surface area contributed by atoms with Crippen LogP contribution in [0.1, 0.15) is 24.4 Å². The third-order valence-electron chi connectivity index (χ3n) is 4.21. The highest BCUT2D eigenvalue weighted by molar-refractivity contribution is 5.15. The van der Waals surface area contributed by atoms with Gasteiger partial charge in [0.2, 0.25) is 0 Å². The number of β-amino-alcohol motifs (C(OH)–C–C–N with tert-alkyl or cyclic N) is 1. The predicted octanol–water partition coefficient (Wildman–Crippen LogP) is 1.27. The maximum atomic E-state index is 10.4. The standard InChI is InChI=1S/C17H24N4O2/c1-2-21-13-18-19-17(21)16-12-20(8-9-23-16)11-15(22)10-14-6-4-3-5-7-14/h3-7,13,15-16,22H,2,8-12H2,1H3/t15-,16-/m1/s1. The molecular formula is C17H24N4O2. The second kappa shape index (κ2) is 7.68. The smallest absolute Gasteiger partial charge is 0.163 e. The summed E-state index contributed by atoms with van der Waals surface area (Å²) in [6.45, 7) is 5.78. The van der Waals surface area contributed by atoms with Crippen LogP contribution in [-0.4, -0.2) is 57.1 Å². The largest absolute Gasteiger partial charge is 0.391 e. The average Bonchev–Trinajstić information content (AvgIpc) is 3.04. The van der Waals surface area contributed by atoms with Gasteiger partial charge in [0.25, 0.3) is 0 Å². The molecule has 1 aromatic heterocycles. The van der Waals surface area contributed by atoms with Crippen molar-refractivity contribution in [1.82, 2.24) is 19.7 Å². The zero-order valence-electron chi connectivity index (χ0n) is 13.5. The molecule has 0 unspecified atom stereocenters. The number of aliphatic hydroxyl groups is 1. The number of ether oxygens (including phenoxy) is 1. The zero-order valence-corrected chi connectivity index (χ0v) is 13.5. The van der Waals surface area contributed by atoms with Gasteiger partial charge in [-0.25, -0.2) is 0 Å². The van der Waals surface area contributed by atoms with E-state index < -0.39 is 0 Å². The third kappa shape index (κ3) is 4.16. The van der Waals surface area contributed by atoms with Gasteiger partial charge in [-0.1, -0.05) is 30.3 Å². The molecule has 0 aliphatic carbocycles. The van der Waals surface area contributed by atoms with Crippen LogP contribution < -0.4 is 0 Å². The summed E-state index contributed by atoms with van der Waals surface area (Å²) in [4.78, 5) is 2.25. The first kappa shape index (κ1) is 16.1. The highest BCUT2D eigenvalue weighted by atomic mass is 16.5. The van der Waals surface area contributed by atoms with E-state index in [0.29, 0.717) is 19.6 Å². The van der Waals surface area contributed by atoms with Gasteiger partial charge < -0.3 is 14.4 Å². The van der Waals surface area contributed by atoms with E-state index >= 15 is 0 Å². The number of nitrogens with zero attached hydrogens (tertiary/aromatic N) is 4. The van der Waals surface area contributed by atoms with Crippen LogP contribution in [0.2, 0.25) is 0 Å². The number of aryl methyl sites for hydroxylation is 1. The zero-order chi connectivity index (χ0) is 16.1. The van der Waals surface area contributed by atoms with Crippen molar-refractivity contribution in [3.8, 4) is 0 Å². The van der Waals surface area contributed by atoms with Crippen molar-refractivity contribution in [2.75, 3.05) is 26.2 Å². The Bertz CT molecular complexity index is 602. The van der Waals surface area contributed by atoms with E-state index in [1.165, 1.54) is 0 Å². The Morgan fingerprint density at radius 2 is 2.17 bits per heavy atom. The molecule has 2 atom stereocenters. The molecule has 1 aliphatic heterocycles. The summed E-state index contributed by atoms with van der Waals surface area (Å²) in [5.74, 6) is 0.870. The van der Waals surface area contributed by atoms with E-state index in [2.05, 4.69) is 34.2 Å². The number of rotatable bonds is 6. The molecule has 1 saturated heterocycles. The molecule has 0 bridgehead atoms. The molecule has 0 radical (unpaired) electrons. The molecule has 23 heavy (non-hydrogen) atoms. The van der Waals surface area contributed by atoms with Gasteiger partial charge in [-0.05, 0) is 18.9 Å². The van der Waals surface area contributed by atoms with Crippen molar-refractivity contribution in [3.05, 3.63) is 48.0 Å². The lowest BCUT2D eigenvalue weighted by molar-refractivity contribution is -0.0472. The number of hydrogen-bond acceptors (Lipinski definition) is 5. The second-order valence-electron chi connectivity index (χ2n) is 5.94. The molecule has 0 saturated carbocycles. The van der Waals surface area contributed by atoms with Crippen LogP contribution >= 0.6 is 0 Å². The monoisotopic (exact) mass is 316 g/mol. The van der Waals surface area contributed by atoms with Gasteiger partial charge >= 0.3 is 0 Å². The fourth-order valence-corrected chi connectivity index (χ4v) is 3.03. The predicted molar refractivity (Wildman–Crippen MR) is 87.0 cm³/mol. The minimum Gasteiger partial charge on any atom is -0.391 e. The van der Waals surface area contributed by atoms with Crippen molar-refractivity contribution < 1.29 is 9.84 Å². The normalized spacial score (nSPS) is 20.5. The van der Waals surface area contributed by atoms with Gasteiger partial charge in [0.05, 0.1) is 12.7 Å². The van der Waals surface area contributed by atoms with Crippen LogP contribution in [0.25, 0.3) is 0 Å². The molecular weight excluding hydrogens is 292 g/mol. The van der Waals surface area contributed by atoms with E-state index in [4.69, 9.17) is 4.74 Å². The van der Waals surface area contributed by atoms with Crippen LogP contribution in [0.3, 0.4) is 0 Å². The Morgan fingerprint density at radius 1 is 1.35 bits per heavy atom. The molecule has 1 aromatic carbocycles. The van der Waals surface area contributed by atoms with Gasteiger partial charge in [0.15, 0.2) is 5.82 Å².